The Bertz CT molecular complexity index is 137. The predicted octanol–water partition coefficient (Wildman–Crippen LogP) is 2.41. The van der Waals surface area contributed by atoms with E-state index < -0.39 is 0 Å². The van der Waals surface area contributed by atoms with E-state index in [0.717, 1.165) is 24.6 Å². The fourth-order valence-corrected chi connectivity index (χ4v) is 2.11. The van der Waals surface area contributed by atoms with Gasteiger partial charge in [-0.15, -0.1) is 0 Å². The monoisotopic (exact) mass is 220 g/mol. The van der Waals surface area contributed by atoms with Crippen LogP contribution in [0.4, 0.5) is 0 Å². The Hall–Kier alpha value is 0.170. The number of hydrogen-bond donors (Lipinski definition) is 0. The van der Waals surface area contributed by atoms with Gasteiger partial charge in [0.1, 0.15) is 0 Å². The van der Waals surface area contributed by atoms with E-state index in [1.165, 1.54) is 5.71 Å². The Morgan fingerprint density at radius 1 is 1.08 bits per heavy atom. The lowest BCUT2D eigenvalue weighted by Crippen LogP contribution is -2.20. The maximum atomic E-state index is 4.60. The molecule has 0 N–H and O–H groups in total. The average Bonchev–Trinajstić information content (AvgIpc) is 2.14. The van der Waals surface area contributed by atoms with Crippen LogP contribution >= 0.6 is 23.5 Å². The highest BCUT2D eigenvalue weighted by molar-refractivity contribution is 8.00. The number of thioether (sulfide) groups is 2. The SMILES string of the molecule is CCN(CC)N=C(CSC)CSC. The molecule has 0 saturated heterocycles. The molecule has 0 rings (SSSR count). The molecule has 78 valence electrons. The normalized spacial score (nSPS) is 9.85. The van der Waals surface area contributed by atoms with Gasteiger partial charge in [0, 0.05) is 24.6 Å². The number of hydrazone groups is 1. The predicted molar refractivity (Wildman–Crippen MR) is 67.1 cm³/mol. The fraction of sp³-hybridized carbons (Fsp3) is 0.889. The van der Waals surface area contributed by atoms with Gasteiger partial charge in [-0.1, -0.05) is 0 Å². The molecule has 0 aromatic rings. The molecule has 0 amide bonds. The summed E-state index contributed by atoms with van der Waals surface area (Å²) in [6.45, 7) is 6.29. The molecule has 0 bridgehead atoms. The molecule has 0 fully saturated rings. The molecule has 0 spiro atoms. The van der Waals surface area contributed by atoms with E-state index in [-0.39, 0.29) is 0 Å². The van der Waals surface area contributed by atoms with Crippen molar-refractivity contribution in [2.75, 3.05) is 37.1 Å². The van der Waals surface area contributed by atoms with Crippen LogP contribution in [0.2, 0.25) is 0 Å². The van der Waals surface area contributed by atoms with Crippen molar-refractivity contribution in [3.05, 3.63) is 0 Å². The second-order valence-corrected chi connectivity index (χ2v) is 4.40. The Kier molecular flexibility index (Phi) is 8.87. The van der Waals surface area contributed by atoms with Crippen LogP contribution in [0.5, 0.6) is 0 Å². The minimum Gasteiger partial charge on any atom is -0.298 e. The van der Waals surface area contributed by atoms with Crippen molar-refractivity contribution in [2.24, 2.45) is 5.10 Å². The van der Waals surface area contributed by atoms with Gasteiger partial charge in [0.2, 0.25) is 0 Å². The zero-order valence-electron chi connectivity index (χ0n) is 9.04. The molecule has 0 aromatic carbocycles. The van der Waals surface area contributed by atoms with E-state index in [1.54, 1.807) is 0 Å². The highest BCUT2D eigenvalue weighted by Crippen LogP contribution is 2.02. The maximum Gasteiger partial charge on any atom is 0.0578 e. The van der Waals surface area contributed by atoms with Crippen LogP contribution in [0.15, 0.2) is 5.10 Å². The number of hydrogen-bond acceptors (Lipinski definition) is 4. The van der Waals surface area contributed by atoms with E-state index in [9.17, 15) is 0 Å². The molecule has 0 aliphatic carbocycles. The van der Waals surface area contributed by atoms with Crippen LogP contribution in [0.1, 0.15) is 13.8 Å². The molecule has 4 heteroatoms. The van der Waals surface area contributed by atoms with Gasteiger partial charge in [0.25, 0.3) is 0 Å². The molecular formula is C9H20N2S2. The fourth-order valence-electron chi connectivity index (χ4n) is 0.998. The van der Waals surface area contributed by atoms with Crippen molar-refractivity contribution in [2.45, 2.75) is 13.8 Å². The third-order valence-electron chi connectivity index (χ3n) is 1.63. The summed E-state index contributed by atoms with van der Waals surface area (Å²) in [5, 5.41) is 6.71. The smallest absolute Gasteiger partial charge is 0.0578 e. The maximum absolute atomic E-state index is 4.60. The third kappa shape index (κ3) is 6.27. The van der Waals surface area contributed by atoms with Crippen LogP contribution in [-0.4, -0.2) is 47.8 Å². The second kappa shape index (κ2) is 8.75. The van der Waals surface area contributed by atoms with Gasteiger partial charge in [-0.25, -0.2) is 0 Å². The Morgan fingerprint density at radius 2 is 1.54 bits per heavy atom. The van der Waals surface area contributed by atoms with Crippen LogP contribution in [0.25, 0.3) is 0 Å². The first kappa shape index (κ1) is 13.2. The minimum absolute atomic E-state index is 1.00. The molecule has 0 aliphatic rings. The molecule has 0 atom stereocenters. The average molecular weight is 220 g/mol. The number of rotatable bonds is 7. The third-order valence-corrected chi connectivity index (χ3v) is 2.88. The zero-order valence-corrected chi connectivity index (χ0v) is 10.7. The van der Waals surface area contributed by atoms with Crippen molar-refractivity contribution in [3.8, 4) is 0 Å². The topological polar surface area (TPSA) is 15.6 Å². The molecule has 0 saturated carbocycles. The van der Waals surface area contributed by atoms with Crippen molar-refractivity contribution in [1.82, 2.24) is 5.01 Å². The zero-order chi connectivity index (χ0) is 10.1. The van der Waals surface area contributed by atoms with Crippen molar-refractivity contribution in [3.63, 3.8) is 0 Å². The van der Waals surface area contributed by atoms with Crippen molar-refractivity contribution in [1.29, 1.82) is 0 Å². The lowest BCUT2D eigenvalue weighted by molar-refractivity contribution is 0.321. The Morgan fingerprint density at radius 3 is 1.85 bits per heavy atom. The minimum atomic E-state index is 1.00. The van der Waals surface area contributed by atoms with E-state index in [2.05, 4.69) is 36.5 Å². The van der Waals surface area contributed by atoms with Crippen molar-refractivity contribution >= 4 is 29.2 Å². The summed E-state index contributed by atoms with van der Waals surface area (Å²) in [5.41, 5.74) is 1.30. The molecule has 0 aromatic heterocycles. The largest absolute Gasteiger partial charge is 0.298 e. The summed E-state index contributed by atoms with van der Waals surface area (Å²) in [6.07, 6.45) is 4.25. The van der Waals surface area contributed by atoms with Crippen LogP contribution < -0.4 is 0 Å². The standard InChI is InChI=1S/C9H20N2S2/c1-5-11(6-2)10-9(7-12-3)8-13-4/h5-8H2,1-4H3. The van der Waals surface area contributed by atoms with E-state index in [0.29, 0.717) is 0 Å². The van der Waals surface area contributed by atoms with Gasteiger partial charge < -0.3 is 0 Å². The first-order valence-corrected chi connectivity index (χ1v) is 7.36. The summed E-state index contributed by atoms with van der Waals surface area (Å²) in [5.74, 6) is 2.11. The Labute approximate surface area is 90.5 Å². The second-order valence-electron chi connectivity index (χ2n) is 2.67. The summed E-state index contributed by atoms with van der Waals surface area (Å²) in [4.78, 5) is 0. The van der Waals surface area contributed by atoms with Gasteiger partial charge in [0.15, 0.2) is 0 Å². The van der Waals surface area contributed by atoms with Crippen LogP contribution in [-0.2, 0) is 0 Å². The highest BCUT2D eigenvalue weighted by atomic mass is 32.2. The summed E-state index contributed by atoms with van der Waals surface area (Å²) in [6, 6.07) is 0. The van der Waals surface area contributed by atoms with E-state index in [1.807, 2.05) is 23.5 Å². The van der Waals surface area contributed by atoms with Gasteiger partial charge in [-0.05, 0) is 26.4 Å². The number of nitrogens with zero attached hydrogens (tertiary/aromatic N) is 2. The quantitative estimate of drug-likeness (QED) is 0.484. The lowest BCUT2D eigenvalue weighted by atomic mass is 10.5. The lowest BCUT2D eigenvalue weighted by Gasteiger charge is -2.16. The molecule has 2 nitrogen and oxygen atoms in total. The first-order chi connectivity index (χ1) is 6.28. The molecular weight excluding hydrogens is 200 g/mol. The van der Waals surface area contributed by atoms with E-state index >= 15 is 0 Å². The molecule has 0 aliphatic heterocycles. The van der Waals surface area contributed by atoms with Crippen molar-refractivity contribution < 1.29 is 0 Å². The van der Waals surface area contributed by atoms with Gasteiger partial charge in [-0.2, -0.15) is 28.6 Å². The summed E-state index contributed by atoms with van der Waals surface area (Å²) >= 11 is 3.68. The van der Waals surface area contributed by atoms with Gasteiger partial charge in [0.05, 0.1) is 5.71 Å². The molecule has 0 heterocycles. The summed E-state index contributed by atoms with van der Waals surface area (Å²) < 4.78 is 0. The summed E-state index contributed by atoms with van der Waals surface area (Å²) in [7, 11) is 0. The molecule has 0 radical (unpaired) electrons. The van der Waals surface area contributed by atoms with Gasteiger partial charge >= 0.3 is 0 Å². The van der Waals surface area contributed by atoms with Gasteiger partial charge in [-0.3, -0.25) is 5.01 Å². The van der Waals surface area contributed by atoms with Crippen LogP contribution in [0, 0.1) is 0 Å². The van der Waals surface area contributed by atoms with E-state index in [4.69, 9.17) is 0 Å². The van der Waals surface area contributed by atoms with Crippen LogP contribution in [0.3, 0.4) is 0 Å². The molecule has 13 heavy (non-hydrogen) atoms. The first-order valence-electron chi connectivity index (χ1n) is 4.57. The molecule has 0 unspecified atom stereocenters. The Balaban J connectivity index is 4.12. The highest BCUT2D eigenvalue weighted by Gasteiger charge is 2.00.